The zero-order valence-corrected chi connectivity index (χ0v) is 11.3. The maximum Gasteiger partial charge on any atom is 0.335 e. The minimum Gasteiger partial charge on any atom is -0.478 e. The number of hydrogen-bond donors (Lipinski definition) is 2. The minimum atomic E-state index is -0.957. The molecule has 0 saturated carbocycles. The van der Waals surface area contributed by atoms with Crippen LogP contribution < -0.4 is 5.32 Å². The van der Waals surface area contributed by atoms with Crippen LogP contribution in [0.3, 0.4) is 0 Å². The lowest BCUT2D eigenvalue weighted by atomic mass is 10.2. The highest BCUT2D eigenvalue weighted by Gasteiger charge is 2.07. The Labute approximate surface area is 111 Å². The summed E-state index contributed by atoms with van der Waals surface area (Å²) in [6.07, 6.45) is 0.894. The number of hydrogen-bond acceptors (Lipinski definition) is 3. The molecule has 5 heteroatoms. The molecule has 1 rings (SSSR count). The van der Waals surface area contributed by atoms with Crippen LogP contribution in [0.25, 0.3) is 0 Å². The van der Waals surface area contributed by atoms with Gasteiger partial charge in [-0.05, 0) is 31.5 Å². The van der Waals surface area contributed by atoms with Crippen molar-refractivity contribution in [3.8, 4) is 0 Å². The average Bonchev–Trinajstić information content (AvgIpc) is 2.36. The van der Waals surface area contributed by atoms with Crippen molar-refractivity contribution in [3.63, 3.8) is 0 Å². The lowest BCUT2D eigenvalue weighted by Crippen LogP contribution is -2.33. The lowest BCUT2D eigenvalue weighted by molar-refractivity contribution is -0.119. The van der Waals surface area contributed by atoms with Gasteiger partial charge in [0.1, 0.15) is 0 Å². The fraction of sp³-hybridized carbons (Fsp3) is 0.385. The molecule has 0 aliphatic heterocycles. The molecule has 0 fully saturated rings. The van der Waals surface area contributed by atoms with Gasteiger partial charge in [0.25, 0.3) is 0 Å². The lowest BCUT2D eigenvalue weighted by Gasteiger charge is -2.10. The van der Waals surface area contributed by atoms with Crippen molar-refractivity contribution in [2.75, 3.05) is 5.75 Å². The molecular formula is C13H17NO3S. The van der Waals surface area contributed by atoms with E-state index in [0.717, 1.165) is 11.3 Å². The number of nitrogens with one attached hydrogen (secondary N) is 1. The van der Waals surface area contributed by atoms with E-state index >= 15 is 0 Å². The summed E-state index contributed by atoms with van der Waals surface area (Å²) < 4.78 is 0. The van der Waals surface area contributed by atoms with E-state index in [1.54, 1.807) is 18.2 Å². The van der Waals surface area contributed by atoms with E-state index < -0.39 is 5.97 Å². The van der Waals surface area contributed by atoms with Gasteiger partial charge in [0, 0.05) is 10.9 Å². The molecule has 0 spiro atoms. The predicted molar refractivity (Wildman–Crippen MR) is 72.0 cm³/mol. The van der Waals surface area contributed by atoms with Crippen molar-refractivity contribution >= 4 is 23.6 Å². The topological polar surface area (TPSA) is 66.4 Å². The second-order valence-corrected chi connectivity index (χ2v) is 5.05. The summed E-state index contributed by atoms with van der Waals surface area (Å²) in [6, 6.07) is 6.75. The van der Waals surface area contributed by atoms with E-state index in [-0.39, 0.29) is 17.5 Å². The summed E-state index contributed by atoms with van der Waals surface area (Å²) >= 11 is 1.34. The standard InChI is InChI=1S/C13H17NO3S/c1-3-9(2)14-12(15)8-18-11-6-4-5-10(7-11)13(16)17/h4-7,9H,3,8H2,1-2H3,(H,14,15)(H,16,17). The van der Waals surface area contributed by atoms with Gasteiger partial charge in [-0.3, -0.25) is 4.79 Å². The van der Waals surface area contributed by atoms with Crippen LogP contribution >= 0.6 is 11.8 Å². The highest BCUT2D eigenvalue weighted by Crippen LogP contribution is 2.19. The third-order valence-corrected chi connectivity index (χ3v) is 3.46. The Bertz CT molecular complexity index is 434. The molecule has 98 valence electrons. The van der Waals surface area contributed by atoms with E-state index in [4.69, 9.17) is 5.11 Å². The van der Waals surface area contributed by atoms with Crippen molar-refractivity contribution in [2.45, 2.75) is 31.2 Å². The van der Waals surface area contributed by atoms with Gasteiger partial charge in [-0.15, -0.1) is 11.8 Å². The molecule has 0 aromatic heterocycles. The maximum absolute atomic E-state index is 11.6. The van der Waals surface area contributed by atoms with E-state index in [0.29, 0.717) is 5.75 Å². The number of carbonyl (C=O) groups is 2. The number of carboxylic acids is 1. The van der Waals surface area contributed by atoms with Crippen molar-refractivity contribution in [3.05, 3.63) is 29.8 Å². The van der Waals surface area contributed by atoms with Gasteiger partial charge in [-0.25, -0.2) is 4.79 Å². The molecule has 18 heavy (non-hydrogen) atoms. The second kappa shape index (κ2) is 7.06. The summed E-state index contributed by atoms with van der Waals surface area (Å²) in [7, 11) is 0. The van der Waals surface area contributed by atoms with Crippen LogP contribution in [-0.4, -0.2) is 28.8 Å². The smallest absolute Gasteiger partial charge is 0.335 e. The number of benzene rings is 1. The SMILES string of the molecule is CCC(C)NC(=O)CSc1cccc(C(=O)O)c1. The molecule has 0 saturated heterocycles. The average molecular weight is 267 g/mol. The fourth-order valence-electron chi connectivity index (χ4n) is 1.29. The van der Waals surface area contributed by atoms with Gasteiger partial charge in [0.05, 0.1) is 11.3 Å². The number of thioether (sulfide) groups is 1. The highest BCUT2D eigenvalue weighted by atomic mass is 32.2. The molecule has 0 heterocycles. The summed E-state index contributed by atoms with van der Waals surface area (Å²) in [5.74, 6) is -0.690. The molecule has 0 radical (unpaired) electrons. The molecule has 0 bridgehead atoms. The van der Waals surface area contributed by atoms with E-state index in [1.807, 2.05) is 13.8 Å². The van der Waals surface area contributed by atoms with Crippen LogP contribution in [0.1, 0.15) is 30.6 Å². The summed E-state index contributed by atoms with van der Waals surface area (Å²) in [5, 5.41) is 11.7. The van der Waals surface area contributed by atoms with Crippen LogP contribution in [0, 0.1) is 0 Å². The Morgan fingerprint density at radius 1 is 1.44 bits per heavy atom. The van der Waals surface area contributed by atoms with Crippen molar-refractivity contribution in [1.29, 1.82) is 0 Å². The van der Waals surface area contributed by atoms with E-state index in [9.17, 15) is 9.59 Å². The van der Waals surface area contributed by atoms with Crippen molar-refractivity contribution in [2.24, 2.45) is 0 Å². The number of rotatable bonds is 6. The number of amides is 1. The number of carbonyl (C=O) groups excluding carboxylic acids is 1. The van der Waals surface area contributed by atoms with Crippen molar-refractivity contribution < 1.29 is 14.7 Å². The zero-order chi connectivity index (χ0) is 13.5. The van der Waals surface area contributed by atoms with Gasteiger partial charge < -0.3 is 10.4 Å². The first-order chi connectivity index (χ1) is 8.52. The first-order valence-corrected chi connectivity index (χ1v) is 6.77. The Balaban J connectivity index is 2.50. The molecule has 1 aromatic rings. The molecule has 0 aliphatic rings. The van der Waals surface area contributed by atoms with E-state index in [2.05, 4.69) is 5.32 Å². The Morgan fingerprint density at radius 2 is 2.17 bits per heavy atom. The number of aromatic carboxylic acids is 1. The second-order valence-electron chi connectivity index (χ2n) is 4.00. The normalized spacial score (nSPS) is 11.9. The molecule has 1 atom stereocenters. The molecule has 1 amide bonds. The molecule has 0 aliphatic carbocycles. The Kier molecular flexibility index (Phi) is 5.71. The largest absolute Gasteiger partial charge is 0.478 e. The van der Waals surface area contributed by atoms with Gasteiger partial charge >= 0.3 is 5.97 Å². The van der Waals surface area contributed by atoms with E-state index in [1.165, 1.54) is 17.8 Å². The molecule has 4 nitrogen and oxygen atoms in total. The van der Waals surface area contributed by atoms with Gasteiger partial charge in [0.2, 0.25) is 5.91 Å². The minimum absolute atomic E-state index is 0.0323. The van der Waals surface area contributed by atoms with Crippen LogP contribution in [0.2, 0.25) is 0 Å². The maximum atomic E-state index is 11.6. The Hall–Kier alpha value is -1.49. The van der Waals surface area contributed by atoms with Crippen LogP contribution in [0.5, 0.6) is 0 Å². The summed E-state index contributed by atoms with van der Waals surface area (Å²) in [4.78, 5) is 23.1. The monoisotopic (exact) mass is 267 g/mol. The molecule has 1 unspecified atom stereocenters. The quantitative estimate of drug-likeness (QED) is 0.777. The molecule has 1 aromatic carbocycles. The highest BCUT2D eigenvalue weighted by molar-refractivity contribution is 8.00. The van der Waals surface area contributed by atoms with Gasteiger partial charge in [-0.1, -0.05) is 13.0 Å². The molecular weight excluding hydrogens is 250 g/mol. The van der Waals surface area contributed by atoms with Crippen LogP contribution in [-0.2, 0) is 4.79 Å². The first-order valence-electron chi connectivity index (χ1n) is 5.78. The van der Waals surface area contributed by atoms with Crippen LogP contribution in [0.15, 0.2) is 29.2 Å². The first kappa shape index (κ1) is 14.6. The Morgan fingerprint density at radius 3 is 2.78 bits per heavy atom. The predicted octanol–water partition coefficient (Wildman–Crippen LogP) is 2.39. The van der Waals surface area contributed by atoms with Crippen LogP contribution in [0.4, 0.5) is 0 Å². The summed E-state index contributed by atoms with van der Waals surface area (Å²) in [5.41, 5.74) is 0.238. The fourth-order valence-corrected chi connectivity index (χ4v) is 2.05. The third-order valence-electron chi connectivity index (χ3n) is 2.47. The number of carboxylic acid groups (broad SMARTS) is 1. The van der Waals surface area contributed by atoms with Gasteiger partial charge in [-0.2, -0.15) is 0 Å². The van der Waals surface area contributed by atoms with Crippen molar-refractivity contribution in [1.82, 2.24) is 5.32 Å². The molecule has 2 N–H and O–H groups in total. The third kappa shape index (κ3) is 4.79. The summed E-state index contributed by atoms with van der Waals surface area (Å²) in [6.45, 7) is 3.96. The zero-order valence-electron chi connectivity index (χ0n) is 10.5. The van der Waals surface area contributed by atoms with Gasteiger partial charge in [0.15, 0.2) is 0 Å².